The van der Waals surface area contributed by atoms with Gasteiger partial charge in [0.15, 0.2) is 0 Å². The number of rotatable bonds is 3. The van der Waals surface area contributed by atoms with Crippen LogP contribution in [0.25, 0.3) is 0 Å². The van der Waals surface area contributed by atoms with E-state index in [9.17, 15) is 0 Å². The zero-order chi connectivity index (χ0) is 13.9. The van der Waals surface area contributed by atoms with Crippen molar-refractivity contribution in [2.75, 3.05) is 0 Å². The van der Waals surface area contributed by atoms with Crippen molar-refractivity contribution in [1.29, 1.82) is 0 Å². The highest BCUT2D eigenvalue weighted by Gasteiger charge is 2.18. The second-order valence-electron chi connectivity index (χ2n) is 5.13. The summed E-state index contributed by atoms with van der Waals surface area (Å²) in [5.41, 5.74) is 5.24. The van der Waals surface area contributed by atoms with Crippen molar-refractivity contribution in [2.45, 2.75) is 19.9 Å². The fourth-order valence-corrected chi connectivity index (χ4v) is 2.70. The van der Waals surface area contributed by atoms with Gasteiger partial charge >= 0.3 is 0 Å². The van der Waals surface area contributed by atoms with Crippen LogP contribution in [0.15, 0.2) is 67.3 Å². The lowest BCUT2D eigenvalue weighted by Crippen LogP contribution is -2.13. The molecule has 0 N–H and O–H groups in total. The highest BCUT2D eigenvalue weighted by atomic mass is 15.1. The molecule has 2 aromatic carbocycles. The third-order valence-corrected chi connectivity index (χ3v) is 3.79. The van der Waals surface area contributed by atoms with Crippen molar-refractivity contribution in [3.8, 4) is 0 Å². The van der Waals surface area contributed by atoms with Gasteiger partial charge in [-0.1, -0.05) is 48.5 Å². The van der Waals surface area contributed by atoms with Gasteiger partial charge in [-0.2, -0.15) is 0 Å². The number of nitrogens with zero attached hydrogens (tertiary/aromatic N) is 2. The second kappa shape index (κ2) is 5.33. The first-order valence-electron chi connectivity index (χ1n) is 6.86. The molecule has 0 bridgehead atoms. The molecular formula is C18H18N2. The zero-order valence-corrected chi connectivity index (χ0v) is 11.8. The molecule has 0 aliphatic carbocycles. The largest absolute Gasteiger partial charge is 0.326 e. The Labute approximate surface area is 119 Å². The van der Waals surface area contributed by atoms with Crippen molar-refractivity contribution in [2.24, 2.45) is 0 Å². The molecule has 0 radical (unpaired) electrons. The Kier molecular flexibility index (Phi) is 3.38. The summed E-state index contributed by atoms with van der Waals surface area (Å²) in [7, 11) is 0. The summed E-state index contributed by atoms with van der Waals surface area (Å²) in [6, 6.07) is 17.3. The fraction of sp³-hybridized carbons (Fsp3) is 0.167. The molecule has 1 aromatic heterocycles. The number of hydrogen-bond donors (Lipinski definition) is 0. The van der Waals surface area contributed by atoms with Crippen molar-refractivity contribution >= 4 is 0 Å². The molecule has 0 atom stereocenters. The van der Waals surface area contributed by atoms with Crippen molar-refractivity contribution in [1.82, 2.24) is 9.55 Å². The number of aromatic nitrogens is 2. The second-order valence-corrected chi connectivity index (χ2v) is 5.13. The molecule has 0 fully saturated rings. The van der Waals surface area contributed by atoms with Gasteiger partial charge in [0, 0.05) is 12.4 Å². The summed E-state index contributed by atoms with van der Waals surface area (Å²) in [6.07, 6.45) is 5.76. The van der Waals surface area contributed by atoms with E-state index in [4.69, 9.17) is 0 Å². The molecule has 3 rings (SSSR count). The first-order chi connectivity index (χ1) is 9.77. The molecule has 0 saturated carbocycles. The molecule has 2 nitrogen and oxygen atoms in total. The summed E-state index contributed by atoms with van der Waals surface area (Å²) in [5.74, 6) is 0. The van der Waals surface area contributed by atoms with E-state index in [1.807, 2.05) is 18.7 Å². The quantitative estimate of drug-likeness (QED) is 0.693. The number of hydrogen-bond acceptors (Lipinski definition) is 1. The summed E-state index contributed by atoms with van der Waals surface area (Å²) in [4.78, 5) is 4.22. The standard InChI is InChI=1S/C18H18N2/c1-14-7-3-5-9-16(14)18(20-12-11-19-13-20)17-10-6-4-8-15(17)2/h3-13,18H,1-2H3. The van der Waals surface area contributed by atoms with Gasteiger partial charge < -0.3 is 4.57 Å². The van der Waals surface area contributed by atoms with Crippen LogP contribution in [0.3, 0.4) is 0 Å². The molecule has 2 heteroatoms. The van der Waals surface area contributed by atoms with Crippen LogP contribution in [0.1, 0.15) is 28.3 Å². The maximum Gasteiger partial charge on any atom is 0.0954 e. The molecule has 20 heavy (non-hydrogen) atoms. The van der Waals surface area contributed by atoms with E-state index in [0.717, 1.165) is 0 Å². The van der Waals surface area contributed by atoms with Crippen LogP contribution in [0, 0.1) is 13.8 Å². The van der Waals surface area contributed by atoms with Gasteiger partial charge in [-0.25, -0.2) is 4.98 Å². The minimum absolute atomic E-state index is 0.180. The number of imidazole rings is 1. The fourth-order valence-electron chi connectivity index (χ4n) is 2.70. The molecule has 100 valence electrons. The Morgan fingerprint density at radius 3 is 1.85 bits per heavy atom. The predicted octanol–water partition coefficient (Wildman–Crippen LogP) is 4.14. The van der Waals surface area contributed by atoms with Gasteiger partial charge in [-0.3, -0.25) is 0 Å². The topological polar surface area (TPSA) is 17.8 Å². The Morgan fingerprint density at radius 2 is 1.40 bits per heavy atom. The Bertz CT molecular complexity index is 653. The van der Waals surface area contributed by atoms with Crippen LogP contribution < -0.4 is 0 Å². The van der Waals surface area contributed by atoms with Crippen molar-refractivity contribution in [3.63, 3.8) is 0 Å². The molecule has 1 heterocycles. The van der Waals surface area contributed by atoms with E-state index in [0.29, 0.717) is 0 Å². The number of benzene rings is 2. The summed E-state index contributed by atoms with van der Waals surface area (Å²) < 4.78 is 2.17. The van der Waals surface area contributed by atoms with Gasteiger partial charge in [0.1, 0.15) is 0 Å². The summed E-state index contributed by atoms with van der Waals surface area (Å²) in [6.45, 7) is 4.33. The summed E-state index contributed by atoms with van der Waals surface area (Å²) in [5, 5.41) is 0. The molecule has 0 spiro atoms. The Hall–Kier alpha value is -2.35. The van der Waals surface area contributed by atoms with E-state index >= 15 is 0 Å². The van der Waals surface area contributed by atoms with Gasteiger partial charge in [0.2, 0.25) is 0 Å². The van der Waals surface area contributed by atoms with Gasteiger partial charge in [0.05, 0.1) is 12.4 Å². The lowest BCUT2D eigenvalue weighted by atomic mass is 9.92. The lowest BCUT2D eigenvalue weighted by molar-refractivity contribution is 0.669. The smallest absolute Gasteiger partial charge is 0.0954 e. The van der Waals surface area contributed by atoms with E-state index in [1.165, 1.54) is 22.3 Å². The molecular weight excluding hydrogens is 244 g/mol. The van der Waals surface area contributed by atoms with Crippen LogP contribution in [0.5, 0.6) is 0 Å². The average molecular weight is 262 g/mol. The highest BCUT2D eigenvalue weighted by Crippen LogP contribution is 2.30. The molecule has 0 saturated heterocycles. The molecule has 0 aliphatic heterocycles. The number of aryl methyl sites for hydroxylation is 2. The van der Waals surface area contributed by atoms with Crippen LogP contribution in [-0.2, 0) is 0 Å². The van der Waals surface area contributed by atoms with E-state index in [-0.39, 0.29) is 6.04 Å². The maximum absolute atomic E-state index is 4.22. The van der Waals surface area contributed by atoms with Crippen LogP contribution in [0.2, 0.25) is 0 Å². The van der Waals surface area contributed by atoms with Crippen molar-refractivity contribution < 1.29 is 0 Å². The SMILES string of the molecule is Cc1ccccc1C(c1ccccc1C)n1ccnc1. The first-order valence-corrected chi connectivity index (χ1v) is 6.86. The van der Waals surface area contributed by atoms with Crippen LogP contribution in [0.4, 0.5) is 0 Å². The lowest BCUT2D eigenvalue weighted by Gasteiger charge is -2.23. The zero-order valence-electron chi connectivity index (χ0n) is 11.8. The van der Waals surface area contributed by atoms with Crippen molar-refractivity contribution in [3.05, 3.63) is 89.5 Å². The highest BCUT2D eigenvalue weighted by molar-refractivity contribution is 5.40. The van der Waals surface area contributed by atoms with E-state index in [1.54, 1.807) is 0 Å². The van der Waals surface area contributed by atoms with Crippen LogP contribution in [-0.4, -0.2) is 9.55 Å². The Balaban J connectivity index is 2.21. The molecule has 3 aromatic rings. The first kappa shape index (κ1) is 12.7. The molecule has 0 unspecified atom stereocenters. The van der Waals surface area contributed by atoms with E-state index < -0.39 is 0 Å². The van der Waals surface area contributed by atoms with Gasteiger partial charge in [-0.05, 0) is 36.1 Å². The van der Waals surface area contributed by atoms with Gasteiger partial charge in [0.25, 0.3) is 0 Å². The average Bonchev–Trinajstić information content (AvgIpc) is 2.97. The molecule has 0 amide bonds. The summed E-state index contributed by atoms with van der Waals surface area (Å²) >= 11 is 0. The van der Waals surface area contributed by atoms with Crippen LogP contribution >= 0.6 is 0 Å². The normalized spacial score (nSPS) is 10.9. The Morgan fingerprint density at radius 1 is 0.850 bits per heavy atom. The minimum atomic E-state index is 0.180. The third-order valence-electron chi connectivity index (χ3n) is 3.79. The third kappa shape index (κ3) is 2.25. The minimum Gasteiger partial charge on any atom is -0.326 e. The monoisotopic (exact) mass is 262 g/mol. The van der Waals surface area contributed by atoms with E-state index in [2.05, 4.69) is 71.9 Å². The molecule has 0 aliphatic rings. The maximum atomic E-state index is 4.22. The van der Waals surface area contributed by atoms with Gasteiger partial charge in [-0.15, -0.1) is 0 Å². The predicted molar refractivity (Wildman–Crippen MR) is 81.8 cm³/mol.